The summed E-state index contributed by atoms with van der Waals surface area (Å²) in [5, 5.41) is 0. The van der Waals surface area contributed by atoms with Crippen LogP contribution in [0.1, 0.15) is 26.7 Å². The molecule has 1 aliphatic carbocycles. The Labute approximate surface area is 81.3 Å². The van der Waals surface area contributed by atoms with Crippen molar-refractivity contribution in [3.8, 4) is 0 Å². The molecule has 0 aromatic heterocycles. The summed E-state index contributed by atoms with van der Waals surface area (Å²) in [7, 11) is 0. The zero-order chi connectivity index (χ0) is 9.26. The predicted octanol–water partition coefficient (Wildman–Crippen LogP) is 1.75. The number of hydrogen-bond acceptors (Lipinski definition) is 2. The average Bonchev–Trinajstić information content (AvgIpc) is 2.75. The van der Waals surface area contributed by atoms with Gasteiger partial charge in [-0.1, -0.05) is 13.8 Å². The number of hydrogen-bond donors (Lipinski definition) is 0. The summed E-state index contributed by atoms with van der Waals surface area (Å²) in [6.07, 6.45) is 3.37. The van der Waals surface area contributed by atoms with Gasteiger partial charge < -0.3 is 4.74 Å². The fourth-order valence-electron chi connectivity index (χ4n) is 1.85. The van der Waals surface area contributed by atoms with Crippen LogP contribution in [0.5, 0.6) is 0 Å². The molecule has 0 atom stereocenters. The molecule has 1 saturated carbocycles. The van der Waals surface area contributed by atoms with Gasteiger partial charge in [-0.25, -0.2) is 0 Å². The Morgan fingerprint density at radius 2 is 2.00 bits per heavy atom. The van der Waals surface area contributed by atoms with Crippen LogP contribution >= 0.6 is 0 Å². The normalized spacial score (nSPS) is 25.2. The molecule has 0 unspecified atom stereocenters. The van der Waals surface area contributed by atoms with Crippen molar-refractivity contribution in [2.75, 3.05) is 26.2 Å². The number of likely N-dealkylation sites (tertiary alicyclic amines) is 1. The van der Waals surface area contributed by atoms with Gasteiger partial charge in [0, 0.05) is 26.2 Å². The lowest BCUT2D eigenvalue weighted by Gasteiger charge is -2.39. The van der Waals surface area contributed by atoms with Crippen molar-refractivity contribution in [1.29, 1.82) is 0 Å². The van der Waals surface area contributed by atoms with E-state index in [0.29, 0.717) is 6.10 Å². The molecule has 13 heavy (non-hydrogen) atoms. The summed E-state index contributed by atoms with van der Waals surface area (Å²) in [6.45, 7) is 9.16. The van der Waals surface area contributed by atoms with E-state index in [9.17, 15) is 0 Å². The molecule has 2 rings (SSSR count). The first-order chi connectivity index (χ1) is 6.24. The lowest BCUT2D eigenvalue weighted by Crippen LogP contribution is -2.53. The van der Waals surface area contributed by atoms with Crippen molar-refractivity contribution in [3.63, 3.8) is 0 Å². The Kier molecular flexibility index (Phi) is 2.89. The third-order valence-electron chi connectivity index (χ3n) is 2.81. The SMILES string of the molecule is CC(C)CN1CC(OCC2CC2)C1. The highest BCUT2D eigenvalue weighted by molar-refractivity contribution is 4.82. The van der Waals surface area contributed by atoms with Gasteiger partial charge in [0.1, 0.15) is 0 Å². The van der Waals surface area contributed by atoms with Crippen LogP contribution in [0.25, 0.3) is 0 Å². The van der Waals surface area contributed by atoms with Gasteiger partial charge in [0.05, 0.1) is 6.10 Å². The molecule has 1 saturated heterocycles. The van der Waals surface area contributed by atoms with E-state index >= 15 is 0 Å². The minimum Gasteiger partial charge on any atom is -0.375 e. The van der Waals surface area contributed by atoms with Gasteiger partial charge in [0.2, 0.25) is 0 Å². The molecule has 0 radical (unpaired) electrons. The van der Waals surface area contributed by atoms with Crippen LogP contribution in [0.3, 0.4) is 0 Å². The average molecular weight is 183 g/mol. The number of rotatable bonds is 5. The first-order valence-electron chi connectivity index (χ1n) is 5.58. The Balaban J connectivity index is 1.50. The third kappa shape index (κ3) is 2.96. The van der Waals surface area contributed by atoms with E-state index in [-0.39, 0.29) is 0 Å². The van der Waals surface area contributed by atoms with Gasteiger partial charge in [-0.2, -0.15) is 0 Å². The molecule has 1 heterocycles. The van der Waals surface area contributed by atoms with Crippen LogP contribution in [-0.2, 0) is 4.74 Å². The smallest absolute Gasteiger partial charge is 0.0828 e. The maximum Gasteiger partial charge on any atom is 0.0828 e. The Bertz CT molecular complexity index is 159. The summed E-state index contributed by atoms with van der Waals surface area (Å²) in [5.41, 5.74) is 0. The molecule has 0 amide bonds. The van der Waals surface area contributed by atoms with Crippen LogP contribution in [-0.4, -0.2) is 37.2 Å². The maximum atomic E-state index is 5.77. The van der Waals surface area contributed by atoms with Gasteiger partial charge in [-0.05, 0) is 24.7 Å². The van der Waals surface area contributed by atoms with Crippen LogP contribution in [0.4, 0.5) is 0 Å². The van der Waals surface area contributed by atoms with Crippen molar-refractivity contribution in [2.45, 2.75) is 32.8 Å². The summed E-state index contributed by atoms with van der Waals surface area (Å²) < 4.78 is 5.77. The number of ether oxygens (including phenoxy) is 1. The lowest BCUT2D eigenvalue weighted by molar-refractivity contribution is -0.0612. The molecular weight excluding hydrogens is 162 g/mol. The number of nitrogens with zero attached hydrogens (tertiary/aromatic N) is 1. The van der Waals surface area contributed by atoms with Crippen LogP contribution in [0.15, 0.2) is 0 Å². The molecule has 2 fully saturated rings. The Morgan fingerprint density at radius 1 is 1.31 bits per heavy atom. The Hall–Kier alpha value is -0.0800. The second kappa shape index (κ2) is 3.97. The van der Waals surface area contributed by atoms with Gasteiger partial charge in [-0.3, -0.25) is 4.90 Å². The van der Waals surface area contributed by atoms with Crippen molar-refractivity contribution in [3.05, 3.63) is 0 Å². The van der Waals surface area contributed by atoms with E-state index in [1.54, 1.807) is 0 Å². The third-order valence-corrected chi connectivity index (χ3v) is 2.81. The summed E-state index contributed by atoms with van der Waals surface area (Å²) in [4.78, 5) is 2.49. The van der Waals surface area contributed by atoms with E-state index in [0.717, 1.165) is 18.4 Å². The largest absolute Gasteiger partial charge is 0.375 e. The van der Waals surface area contributed by atoms with Gasteiger partial charge in [0.15, 0.2) is 0 Å². The first-order valence-corrected chi connectivity index (χ1v) is 5.58. The maximum absolute atomic E-state index is 5.77. The fourth-order valence-corrected chi connectivity index (χ4v) is 1.85. The highest BCUT2D eigenvalue weighted by atomic mass is 16.5. The lowest BCUT2D eigenvalue weighted by atomic mass is 10.1. The molecule has 2 nitrogen and oxygen atoms in total. The molecule has 76 valence electrons. The van der Waals surface area contributed by atoms with Crippen LogP contribution < -0.4 is 0 Å². The standard InChI is InChI=1S/C11H21NO/c1-9(2)5-12-6-11(7-12)13-8-10-3-4-10/h9-11H,3-8H2,1-2H3. The van der Waals surface area contributed by atoms with Crippen LogP contribution in [0, 0.1) is 11.8 Å². The van der Waals surface area contributed by atoms with E-state index < -0.39 is 0 Å². The minimum absolute atomic E-state index is 0.555. The van der Waals surface area contributed by atoms with Crippen LogP contribution in [0.2, 0.25) is 0 Å². The van der Waals surface area contributed by atoms with E-state index in [2.05, 4.69) is 18.7 Å². The summed E-state index contributed by atoms with van der Waals surface area (Å²) in [5.74, 6) is 1.71. The van der Waals surface area contributed by atoms with E-state index in [1.165, 1.54) is 32.5 Å². The molecule has 0 spiro atoms. The second-order valence-corrected chi connectivity index (χ2v) is 5.01. The molecule has 2 aliphatic rings. The van der Waals surface area contributed by atoms with Crippen molar-refractivity contribution in [2.24, 2.45) is 11.8 Å². The van der Waals surface area contributed by atoms with Crippen molar-refractivity contribution in [1.82, 2.24) is 4.90 Å². The summed E-state index contributed by atoms with van der Waals surface area (Å²) in [6, 6.07) is 0. The van der Waals surface area contributed by atoms with Gasteiger partial charge in [-0.15, -0.1) is 0 Å². The molecular formula is C11H21NO. The molecule has 0 bridgehead atoms. The minimum atomic E-state index is 0.555. The van der Waals surface area contributed by atoms with E-state index in [4.69, 9.17) is 4.74 Å². The fraction of sp³-hybridized carbons (Fsp3) is 1.00. The molecule has 0 aromatic rings. The molecule has 0 aromatic carbocycles. The van der Waals surface area contributed by atoms with E-state index in [1.807, 2.05) is 0 Å². The Morgan fingerprint density at radius 3 is 2.54 bits per heavy atom. The van der Waals surface area contributed by atoms with Gasteiger partial charge >= 0.3 is 0 Å². The molecule has 1 aliphatic heterocycles. The quantitative estimate of drug-likeness (QED) is 0.644. The predicted molar refractivity (Wildman–Crippen MR) is 53.7 cm³/mol. The highest BCUT2D eigenvalue weighted by Crippen LogP contribution is 2.29. The van der Waals surface area contributed by atoms with Gasteiger partial charge in [0.25, 0.3) is 0 Å². The molecule has 2 heteroatoms. The zero-order valence-corrected chi connectivity index (χ0v) is 8.83. The monoisotopic (exact) mass is 183 g/mol. The topological polar surface area (TPSA) is 12.5 Å². The second-order valence-electron chi connectivity index (χ2n) is 5.01. The molecule has 0 N–H and O–H groups in total. The summed E-state index contributed by atoms with van der Waals surface area (Å²) >= 11 is 0. The first kappa shape index (κ1) is 9.47. The highest BCUT2D eigenvalue weighted by Gasteiger charge is 2.30. The van der Waals surface area contributed by atoms with Crippen molar-refractivity contribution < 1.29 is 4.74 Å². The van der Waals surface area contributed by atoms with Crippen molar-refractivity contribution >= 4 is 0 Å². The zero-order valence-electron chi connectivity index (χ0n) is 8.83.